The average molecular weight is 193 g/mol. The van der Waals surface area contributed by atoms with Gasteiger partial charge in [-0.1, -0.05) is 12.1 Å². The third-order valence-corrected chi connectivity index (χ3v) is 1.92. The third-order valence-electron chi connectivity index (χ3n) is 1.92. The van der Waals surface area contributed by atoms with Crippen LogP contribution in [0.25, 0.3) is 0 Å². The Labute approximate surface area is 80.0 Å². The second kappa shape index (κ2) is 3.45. The Morgan fingerprint density at radius 1 is 1.50 bits per heavy atom. The highest BCUT2D eigenvalue weighted by atomic mass is 19.1. The SMILES string of the molecule is O=CC1N=CNN1c1ccccc1F. The molecule has 1 atom stereocenters. The quantitative estimate of drug-likeness (QED) is 0.703. The molecule has 0 saturated heterocycles. The van der Waals surface area contributed by atoms with E-state index in [0.717, 1.165) is 0 Å². The average Bonchev–Trinajstić information content (AvgIpc) is 2.66. The molecule has 1 N–H and O–H groups in total. The number of hydrazine groups is 1. The largest absolute Gasteiger partial charge is 0.299 e. The summed E-state index contributed by atoms with van der Waals surface area (Å²) in [5.74, 6) is -0.391. The van der Waals surface area contributed by atoms with Crippen LogP contribution >= 0.6 is 0 Å². The van der Waals surface area contributed by atoms with Crippen LogP contribution in [0.2, 0.25) is 0 Å². The molecule has 1 aliphatic rings. The fourth-order valence-corrected chi connectivity index (χ4v) is 1.27. The van der Waals surface area contributed by atoms with Crippen molar-refractivity contribution in [1.29, 1.82) is 0 Å². The number of nitrogens with one attached hydrogen (secondary N) is 1. The number of halogens is 1. The second-order valence-corrected chi connectivity index (χ2v) is 2.78. The number of nitrogens with zero attached hydrogens (tertiary/aromatic N) is 2. The Hall–Kier alpha value is -1.91. The fourth-order valence-electron chi connectivity index (χ4n) is 1.27. The van der Waals surface area contributed by atoms with E-state index in [4.69, 9.17) is 0 Å². The smallest absolute Gasteiger partial charge is 0.196 e. The molecule has 0 saturated carbocycles. The van der Waals surface area contributed by atoms with E-state index in [1.807, 2.05) is 0 Å². The maximum absolute atomic E-state index is 13.3. The summed E-state index contributed by atoms with van der Waals surface area (Å²) in [4.78, 5) is 14.4. The van der Waals surface area contributed by atoms with E-state index in [0.29, 0.717) is 12.0 Å². The van der Waals surface area contributed by atoms with Gasteiger partial charge in [-0.2, -0.15) is 0 Å². The number of aliphatic imine (C=N–C) groups is 1. The van der Waals surface area contributed by atoms with Crippen molar-refractivity contribution >= 4 is 18.3 Å². The molecule has 4 nitrogen and oxygen atoms in total. The normalized spacial score (nSPS) is 19.5. The lowest BCUT2D eigenvalue weighted by molar-refractivity contribution is -0.108. The number of rotatable bonds is 2. The molecular formula is C9H8FN3O. The highest BCUT2D eigenvalue weighted by molar-refractivity contribution is 5.75. The summed E-state index contributed by atoms with van der Waals surface area (Å²) >= 11 is 0. The second-order valence-electron chi connectivity index (χ2n) is 2.78. The summed E-state index contributed by atoms with van der Waals surface area (Å²) < 4.78 is 13.3. The van der Waals surface area contributed by atoms with Gasteiger partial charge in [0.05, 0.1) is 5.69 Å². The van der Waals surface area contributed by atoms with Crippen molar-refractivity contribution in [2.75, 3.05) is 5.01 Å². The van der Waals surface area contributed by atoms with Crippen LogP contribution < -0.4 is 10.4 Å². The minimum Gasteiger partial charge on any atom is -0.299 e. The van der Waals surface area contributed by atoms with Gasteiger partial charge in [-0.15, -0.1) is 0 Å². The molecule has 0 aromatic heterocycles. The monoisotopic (exact) mass is 193 g/mol. The first-order valence-electron chi connectivity index (χ1n) is 4.10. The molecule has 0 amide bonds. The molecule has 72 valence electrons. The van der Waals surface area contributed by atoms with Crippen LogP contribution in [0.3, 0.4) is 0 Å². The number of para-hydroxylation sites is 1. The Bertz CT molecular complexity index is 380. The van der Waals surface area contributed by atoms with E-state index in [9.17, 15) is 9.18 Å². The molecule has 0 aliphatic carbocycles. The molecule has 1 aliphatic heterocycles. The number of anilines is 1. The van der Waals surface area contributed by atoms with Crippen molar-refractivity contribution in [3.63, 3.8) is 0 Å². The summed E-state index contributed by atoms with van der Waals surface area (Å²) in [5.41, 5.74) is 2.99. The molecule has 0 radical (unpaired) electrons. The van der Waals surface area contributed by atoms with Crippen molar-refractivity contribution in [2.24, 2.45) is 4.99 Å². The van der Waals surface area contributed by atoms with E-state index in [1.54, 1.807) is 18.2 Å². The van der Waals surface area contributed by atoms with E-state index in [2.05, 4.69) is 10.4 Å². The van der Waals surface area contributed by atoms with Crippen molar-refractivity contribution in [3.05, 3.63) is 30.1 Å². The van der Waals surface area contributed by atoms with Gasteiger partial charge in [0.15, 0.2) is 12.5 Å². The molecule has 14 heavy (non-hydrogen) atoms. The van der Waals surface area contributed by atoms with E-state index in [1.165, 1.54) is 17.4 Å². The van der Waals surface area contributed by atoms with Gasteiger partial charge in [0.1, 0.15) is 12.2 Å². The standard InChI is InChI=1S/C9H8FN3O/c10-7-3-1-2-4-8(7)13-9(5-14)11-6-12-13/h1-6,9H,(H,11,12). The number of hydrogen-bond acceptors (Lipinski definition) is 4. The third kappa shape index (κ3) is 1.32. The maximum Gasteiger partial charge on any atom is 0.196 e. The summed E-state index contributed by atoms with van der Waals surface area (Å²) in [5, 5.41) is 1.36. The van der Waals surface area contributed by atoms with Crippen LogP contribution in [0.4, 0.5) is 10.1 Å². The first-order valence-corrected chi connectivity index (χ1v) is 4.10. The Morgan fingerprint density at radius 2 is 2.29 bits per heavy atom. The van der Waals surface area contributed by atoms with Gasteiger partial charge in [-0.3, -0.25) is 15.2 Å². The summed E-state index contributed by atoms with van der Waals surface area (Å²) in [6.45, 7) is 0. The lowest BCUT2D eigenvalue weighted by Gasteiger charge is -2.21. The minimum absolute atomic E-state index is 0.308. The Kier molecular flexibility index (Phi) is 2.14. The van der Waals surface area contributed by atoms with Gasteiger partial charge < -0.3 is 0 Å². The molecule has 0 spiro atoms. The van der Waals surface area contributed by atoms with Crippen LogP contribution in [-0.2, 0) is 4.79 Å². The van der Waals surface area contributed by atoms with E-state index >= 15 is 0 Å². The van der Waals surface area contributed by atoms with Crippen LogP contribution in [0, 0.1) is 5.82 Å². The Balaban J connectivity index is 2.32. The molecular weight excluding hydrogens is 185 g/mol. The number of aldehydes is 1. The van der Waals surface area contributed by atoms with Crippen LogP contribution in [-0.4, -0.2) is 18.8 Å². The van der Waals surface area contributed by atoms with Gasteiger partial charge >= 0.3 is 0 Å². The van der Waals surface area contributed by atoms with Crippen molar-refractivity contribution in [3.8, 4) is 0 Å². The van der Waals surface area contributed by atoms with Crippen LogP contribution in [0.5, 0.6) is 0 Å². The van der Waals surface area contributed by atoms with Crippen LogP contribution in [0.15, 0.2) is 29.3 Å². The molecule has 2 rings (SSSR count). The molecule has 0 bridgehead atoms. The molecule has 5 heteroatoms. The van der Waals surface area contributed by atoms with Crippen molar-refractivity contribution < 1.29 is 9.18 Å². The predicted molar refractivity (Wildman–Crippen MR) is 50.4 cm³/mol. The van der Waals surface area contributed by atoms with Gasteiger partial charge in [0.2, 0.25) is 0 Å². The molecule has 1 aromatic carbocycles. The van der Waals surface area contributed by atoms with Gasteiger partial charge in [0, 0.05) is 0 Å². The topological polar surface area (TPSA) is 44.7 Å². The predicted octanol–water partition coefficient (Wildman–Crippen LogP) is 0.704. The van der Waals surface area contributed by atoms with Gasteiger partial charge in [-0.05, 0) is 12.1 Å². The number of hydrogen-bond donors (Lipinski definition) is 1. The minimum atomic E-state index is -0.688. The molecule has 1 unspecified atom stereocenters. The van der Waals surface area contributed by atoms with Gasteiger partial charge in [-0.25, -0.2) is 9.38 Å². The lowest BCUT2D eigenvalue weighted by Crippen LogP contribution is -2.39. The first-order chi connectivity index (χ1) is 6.83. The zero-order chi connectivity index (χ0) is 9.97. The zero-order valence-electron chi connectivity index (χ0n) is 7.22. The van der Waals surface area contributed by atoms with E-state index in [-0.39, 0.29) is 0 Å². The summed E-state index contributed by atoms with van der Waals surface area (Å²) in [6, 6.07) is 6.19. The maximum atomic E-state index is 13.3. The highest BCUT2D eigenvalue weighted by Gasteiger charge is 2.22. The number of benzene rings is 1. The zero-order valence-corrected chi connectivity index (χ0v) is 7.22. The van der Waals surface area contributed by atoms with Crippen molar-refractivity contribution in [2.45, 2.75) is 6.17 Å². The van der Waals surface area contributed by atoms with E-state index < -0.39 is 12.0 Å². The number of carbonyl (C=O) groups excluding carboxylic acids is 1. The van der Waals surface area contributed by atoms with Crippen LogP contribution in [0.1, 0.15) is 0 Å². The lowest BCUT2D eigenvalue weighted by atomic mass is 10.3. The molecule has 0 fully saturated rings. The first kappa shape index (κ1) is 8.68. The number of carbonyl (C=O) groups is 1. The Morgan fingerprint density at radius 3 is 3.00 bits per heavy atom. The summed E-state index contributed by atoms with van der Waals surface area (Å²) in [7, 11) is 0. The highest BCUT2D eigenvalue weighted by Crippen LogP contribution is 2.20. The molecule has 1 heterocycles. The molecule has 1 aromatic rings. The fraction of sp³-hybridized carbons (Fsp3) is 0.111. The summed E-state index contributed by atoms with van der Waals surface area (Å²) in [6.07, 6.45) is 1.32. The van der Waals surface area contributed by atoms with Crippen molar-refractivity contribution in [1.82, 2.24) is 5.43 Å². The van der Waals surface area contributed by atoms with Gasteiger partial charge in [0.25, 0.3) is 0 Å².